The van der Waals surface area contributed by atoms with Gasteiger partial charge in [-0.3, -0.25) is 4.79 Å². The summed E-state index contributed by atoms with van der Waals surface area (Å²) in [5, 5.41) is 0. The second-order valence-corrected chi connectivity index (χ2v) is 4.04. The topological polar surface area (TPSA) is 42.4 Å². The number of carbonyl (C=O) groups excluding carboxylic acids is 1. The number of hydrogen-bond acceptors (Lipinski definition) is 1. The summed E-state index contributed by atoms with van der Waals surface area (Å²) in [5.74, 6) is 0.0292. The van der Waals surface area contributed by atoms with E-state index in [-0.39, 0.29) is 5.78 Å². The van der Waals surface area contributed by atoms with Gasteiger partial charge in [0.05, 0.1) is 0 Å². The first-order valence-corrected chi connectivity index (χ1v) is 5.09. The number of rotatable bonds is 0. The summed E-state index contributed by atoms with van der Waals surface area (Å²) < 4.78 is 1.10. The van der Waals surface area contributed by atoms with Gasteiger partial charge in [-0.2, -0.15) is 0 Å². The number of hydrogen-bond donors (Lipinski definition) is 0. The molecule has 2 aliphatic rings. The van der Waals surface area contributed by atoms with Crippen molar-refractivity contribution in [3.63, 3.8) is 0 Å². The lowest BCUT2D eigenvalue weighted by Crippen LogP contribution is -2.12. The van der Waals surface area contributed by atoms with Crippen molar-refractivity contribution in [1.82, 2.24) is 4.70 Å². The minimum absolute atomic E-state index is 0.0292. The molecule has 3 nitrogen and oxygen atoms in total. The zero-order chi connectivity index (χ0) is 10.9. The number of ketones is 1. The molecule has 1 aliphatic carbocycles. The van der Waals surface area contributed by atoms with E-state index in [2.05, 4.69) is 0 Å². The molecule has 0 atom stereocenters. The number of fused-ring (bicyclic) bond motifs is 1. The lowest BCUT2D eigenvalue weighted by Gasteiger charge is -2.13. The van der Waals surface area contributed by atoms with Gasteiger partial charge in [0.25, 0.3) is 0 Å². The predicted octanol–water partition coefficient (Wildman–Crippen LogP) is 3.07. The largest absolute Gasteiger partial charge is 0.493 e. The molecule has 1 heterocycles. The van der Waals surface area contributed by atoms with Gasteiger partial charge >= 0.3 is 0 Å². The fourth-order valence-corrected chi connectivity index (χ4v) is 2.61. The van der Waals surface area contributed by atoms with Crippen LogP contribution in [0.2, 0.25) is 0 Å². The van der Waals surface area contributed by atoms with Crippen molar-refractivity contribution in [2.45, 2.75) is 0 Å². The minimum Gasteiger partial charge on any atom is -0.493 e. The number of nitrogens with zero attached hydrogens (tertiary/aromatic N) is 2. The summed E-state index contributed by atoms with van der Waals surface area (Å²) >= 11 is 0. The van der Waals surface area contributed by atoms with E-state index >= 15 is 0 Å². The van der Waals surface area contributed by atoms with E-state index < -0.39 is 0 Å². The fraction of sp³-hybridized carbons (Fsp3) is 0. The first kappa shape index (κ1) is 7.93. The smallest absolute Gasteiger partial charge is 0.211 e. The highest BCUT2D eigenvalue weighted by atomic mass is 16.1. The third kappa shape index (κ3) is 0.643. The van der Waals surface area contributed by atoms with Crippen molar-refractivity contribution in [1.29, 1.82) is 0 Å². The van der Waals surface area contributed by atoms with E-state index in [9.17, 15) is 10.3 Å². The van der Waals surface area contributed by atoms with Crippen LogP contribution in [0.25, 0.3) is 16.7 Å². The van der Waals surface area contributed by atoms with Crippen LogP contribution in [0.3, 0.4) is 0 Å². The molecule has 0 saturated heterocycles. The highest BCUT2D eigenvalue weighted by Gasteiger charge is 2.40. The molecule has 3 heteroatoms. The summed E-state index contributed by atoms with van der Waals surface area (Å²) in [7, 11) is 0. The van der Waals surface area contributed by atoms with Gasteiger partial charge in [0.15, 0.2) is 0 Å². The van der Waals surface area contributed by atoms with Gasteiger partial charge in [0.1, 0.15) is 11.1 Å². The maximum Gasteiger partial charge on any atom is 0.211 e. The quantitative estimate of drug-likeness (QED) is 0.408. The van der Waals surface area contributed by atoms with Gasteiger partial charge in [-0.05, 0) is 0 Å². The minimum atomic E-state index is 0.0292. The molecule has 0 radical (unpaired) electrons. The second-order valence-electron chi connectivity index (χ2n) is 4.04. The normalized spacial score (nSPS) is 14.5. The van der Waals surface area contributed by atoms with Crippen LogP contribution in [0.15, 0.2) is 36.4 Å². The molecule has 0 aromatic heterocycles. The highest BCUT2D eigenvalue weighted by Crippen LogP contribution is 2.49. The predicted molar refractivity (Wildman–Crippen MR) is 60.1 cm³/mol. The van der Waals surface area contributed by atoms with Crippen molar-refractivity contribution < 1.29 is 4.79 Å². The molecule has 0 saturated carbocycles. The van der Waals surface area contributed by atoms with Gasteiger partial charge in [0.2, 0.25) is 17.2 Å². The maximum atomic E-state index is 12.2. The average molecular weight is 206 g/mol. The van der Waals surface area contributed by atoms with E-state index in [0.29, 0.717) is 22.5 Å². The average Bonchev–Trinajstić information content (AvgIpc) is 2.61. The molecule has 0 amide bonds. The first-order chi connectivity index (χ1) is 7.79. The molecule has 0 fully saturated rings. The Morgan fingerprint density at radius 3 is 1.88 bits per heavy atom. The third-order valence-electron chi connectivity index (χ3n) is 3.29. The van der Waals surface area contributed by atoms with Crippen LogP contribution in [-0.4, -0.2) is 5.78 Å². The standard InChI is InChI=1S/C13H6N2O/c14-15-9-5-1-3-7-8-4-2-6-10(15)12(8)13(16)11(7)9/h1-6H. The molecule has 2 aromatic rings. The van der Waals surface area contributed by atoms with Crippen LogP contribution in [-0.2, 0) is 0 Å². The SMILES string of the molecule is [N-]=[N+]1c2cccc3c2C(=O)c2c-3cccc21. The van der Waals surface area contributed by atoms with Crippen LogP contribution in [0, 0.1) is 0 Å². The van der Waals surface area contributed by atoms with Crippen molar-refractivity contribution in [3.8, 4) is 11.1 Å². The van der Waals surface area contributed by atoms with Gasteiger partial charge in [-0.15, -0.1) is 0 Å². The first-order valence-electron chi connectivity index (χ1n) is 5.09. The van der Waals surface area contributed by atoms with E-state index in [1.165, 1.54) is 0 Å². The van der Waals surface area contributed by atoms with Crippen molar-refractivity contribution >= 4 is 17.2 Å². The summed E-state index contributed by atoms with van der Waals surface area (Å²) in [4.78, 5) is 12.2. The zero-order valence-corrected chi connectivity index (χ0v) is 8.27. The summed E-state index contributed by atoms with van der Waals surface area (Å²) in [6, 6.07) is 11.1. The van der Waals surface area contributed by atoms with Gasteiger partial charge in [-0.1, -0.05) is 24.3 Å². The molecule has 0 N–H and O–H groups in total. The Kier molecular flexibility index (Phi) is 1.13. The molecule has 0 spiro atoms. The Bertz CT molecular complexity index is 642. The summed E-state index contributed by atoms with van der Waals surface area (Å²) in [6.45, 7) is 0. The van der Waals surface area contributed by atoms with E-state index in [4.69, 9.17) is 0 Å². The van der Waals surface area contributed by atoms with Crippen LogP contribution in [0.1, 0.15) is 15.9 Å². The molecule has 2 aromatic carbocycles. The van der Waals surface area contributed by atoms with E-state index in [1.807, 2.05) is 24.3 Å². The second kappa shape index (κ2) is 2.27. The van der Waals surface area contributed by atoms with Gasteiger partial charge in [-0.25, -0.2) is 4.70 Å². The molecule has 4 rings (SSSR count). The van der Waals surface area contributed by atoms with Crippen molar-refractivity contribution in [2.75, 3.05) is 0 Å². The lowest BCUT2D eigenvalue weighted by molar-refractivity contribution is 0.104. The van der Waals surface area contributed by atoms with Crippen LogP contribution < -0.4 is 4.70 Å². The monoisotopic (exact) mass is 206 g/mol. The molecule has 74 valence electrons. The zero-order valence-electron chi connectivity index (χ0n) is 8.27. The number of carbonyl (C=O) groups is 1. The Hall–Kier alpha value is -2.29. The van der Waals surface area contributed by atoms with E-state index in [1.54, 1.807) is 12.1 Å². The van der Waals surface area contributed by atoms with Gasteiger partial charge < -0.3 is 5.53 Å². The Morgan fingerprint density at radius 1 is 0.875 bits per heavy atom. The maximum absolute atomic E-state index is 12.2. The molecular formula is C13H6N2O. The Balaban J connectivity index is 2.36. The Morgan fingerprint density at radius 2 is 1.38 bits per heavy atom. The molecule has 16 heavy (non-hydrogen) atoms. The lowest BCUT2D eigenvalue weighted by atomic mass is 10.0. The third-order valence-corrected chi connectivity index (χ3v) is 3.29. The molecule has 2 bridgehead atoms. The number of benzene rings is 2. The fourth-order valence-electron chi connectivity index (χ4n) is 2.61. The highest BCUT2D eigenvalue weighted by molar-refractivity contribution is 6.28. The van der Waals surface area contributed by atoms with Crippen LogP contribution in [0.5, 0.6) is 0 Å². The summed E-state index contributed by atoms with van der Waals surface area (Å²) in [6.07, 6.45) is 0. The molecular weight excluding hydrogens is 200 g/mol. The van der Waals surface area contributed by atoms with Crippen LogP contribution >= 0.6 is 0 Å². The van der Waals surface area contributed by atoms with Crippen molar-refractivity contribution in [2.24, 2.45) is 0 Å². The summed E-state index contributed by atoms with van der Waals surface area (Å²) in [5.41, 5.74) is 14.3. The van der Waals surface area contributed by atoms with Crippen molar-refractivity contribution in [3.05, 3.63) is 53.1 Å². The van der Waals surface area contributed by atoms with Crippen LogP contribution in [0.4, 0.5) is 11.4 Å². The molecule has 0 unspecified atom stereocenters. The van der Waals surface area contributed by atoms with E-state index in [0.717, 1.165) is 15.8 Å². The molecule has 1 aliphatic heterocycles. The Labute approximate surface area is 91.5 Å². The van der Waals surface area contributed by atoms with Gasteiger partial charge in [0, 0.05) is 23.3 Å².